The normalized spacial score (nSPS) is 22.4. The third-order valence-corrected chi connectivity index (χ3v) is 3.24. The second kappa shape index (κ2) is 4.85. The molecule has 1 aromatic heterocycles. The van der Waals surface area contributed by atoms with Crippen LogP contribution in [-0.4, -0.2) is 44.8 Å². The molecule has 0 aliphatic carbocycles. The Labute approximate surface area is 118 Å². The highest BCUT2D eigenvalue weighted by molar-refractivity contribution is 6.19. The van der Waals surface area contributed by atoms with Gasteiger partial charge in [-0.3, -0.25) is 34.5 Å². The highest BCUT2D eigenvalue weighted by Gasteiger charge is 2.42. The van der Waals surface area contributed by atoms with Gasteiger partial charge in [0, 0.05) is 24.8 Å². The molecule has 1 saturated heterocycles. The van der Waals surface area contributed by atoms with E-state index in [1.165, 1.54) is 0 Å². The average Bonchev–Trinajstić information content (AvgIpc) is 3.02. The monoisotopic (exact) mass is 289 g/mol. The van der Waals surface area contributed by atoms with Crippen molar-refractivity contribution in [2.24, 2.45) is 0 Å². The molecule has 108 valence electrons. The molecule has 0 saturated carbocycles. The minimum atomic E-state index is -0.961. The number of aromatic amines is 1. The number of rotatable bonds is 3. The van der Waals surface area contributed by atoms with Gasteiger partial charge in [-0.25, -0.2) is 0 Å². The van der Waals surface area contributed by atoms with E-state index >= 15 is 0 Å². The quantitative estimate of drug-likeness (QED) is 0.605. The first kappa shape index (κ1) is 13.0. The van der Waals surface area contributed by atoms with E-state index in [1.807, 2.05) is 0 Å². The summed E-state index contributed by atoms with van der Waals surface area (Å²) >= 11 is 0. The van der Waals surface area contributed by atoms with Gasteiger partial charge in [-0.1, -0.05) is 0 Å². The van der Waals surface area contributed by atoms with Crippen LogP contribution in [0.15, 0.2) is 24.0 Å². The second-order valence-electron chi connectivity index (χ2n) is 4.62. The zero-order chi connectivity index (χ0) is 15.0. The molecular weight excluding hydrogens is 278 g/mol. The van der Waals surface area contributed by atoms with E-state index < -0.39 is 29.7 Å². The molecule has 0 bridgehead atoms. The Balaban J connectivity index is 1.77. The van der Waals surface area contributed by atoms with Gasteiger partial charge in [0.1, 0.15) is 11.7 Å². The lowest BCUT2D eigenvalue weighted by Crippen LogP contribution is -2.54. The summed E-state index contributed by atoms with van der Waals surface area (Å²) in [5.41, 5.74) is 0.0387. The Bertz CT molecular complexity index is 663. The van der Waals surface area contributed by atoms with Crippen LogP contribution in [0.25, 0.3) is 0 Å². The molecule has 2 aliphatic rings. The molecule has 1 atom stereocenters. The van der Waals surface area contributed by atoms with Crippen molar-refractivity contribution >= 4 is 29.4 Å². The smallest absolute Gasteiger partial charge is 0.278 e. The number of nitrogens with zero attached hydrogens (tertiary/aromatic N) is 2. The molecule has 9 heteroatoms. The Hall–Kier alpha value is -2.97. The summed E-state index contributed by atoms with van der Waals surface area (Å²) in [6.45, 7) is 0. The molecule has 21 heavy (non-hydrogen) atoms. The van der Waals surface area contributed by atoms with E-state index in [1.54, 1.807) is 12.3 Å². The fourth-order valence-corrected chi connectivity index (χ4v) is 2.27. The summed E-state index contributed by atoms with van der Waals surface area (Å²) < 4.78 is 0. The van der Waals surface area contributed by atoms with Crippen molar-refractivity contribution in [1.29, 1.82) is 0 Å². The number of carbonyl (C=O) groups is 4. The van der Waals surface area contributed by atoms with Crippen LogP contribution in [0.4, 0.5) is 5.82 Å². The van der Waals surface area contributed by atoms with Gasteiger partial charge in [0.2, 0.25) is 11.8 Å². The predicted octanol–water partition coefficient (Wildman–Crippen LogP) is -1.12. The molecule has 0 spiro atoms. The number of hydrogen-bond acceptors (Lipinski definition) is 6. The standard InChI is InChI=1S/C12H11N5O4/c18-9-2-1-7(11(20)15-9)17-10(19)5-6(12(17)21)14-8-3-4-13-16-8/h3-5,7H,1-2H2,(H2,13,14,16)(H,15,18,20). The van der Waals surface area contributed by atoms with Crippen molar-refractivity contribution in [3.05, 3.63) is 24.0 Å². The first-order valence-corrected chi connectivity index (χ1v) is 6.26. The van der Waals surface area contributed by atoms with E-state index in [0.717, 1.165) is 11.0 Å². The molecule has 3 rings (SSSR count). The largest absolute Gasteiger partial charge is 0.334 e. The molecule has 1 aromatic rings. The molecule has 9 nitrogen and oxygen atoms in total. The molecule has 4 amide bonds. The second-order valence-corrected chi connectivity index (χ2v) is 4.62. The molecule has 1 fully saturated rings. The first-order chi connectivity index (χ1) is 10.1. The summed E-state index contributed by atoms with van der Waals surface area (Å²) in [6.07, 6.45) is 2.89. The van der Waals surface area contributed by atoms with Crippen LogP contribution in [0, 0.1) is 0 Å². The highest BCUT2D eigenvalue weighted by Crippen LogP contribution is 2.21. The van der Waals surface area contributed by atoms with Crippen molar-refractivity contribution in [2.45, 2.75) is 18.9 Å². The van der Waals surface area contributed by atoms with Crippen molar-refractivity contribution in [3.8, 4) is 0 Å². The first-order valence-electron chi connectivity index (χ1n) is 6.26. The van der Waals surface area contributed by atoms with Crippen molar-refractivity contribution < 1.29 is 19.2 Å². The van der Waals surface area contributed by atoms with Crippen LogP contribution in [0.2, 0.25) is 0 Å². The van der Waals surface area contributed by atoms with Gasteiger partial charge in [-0.15, -0.1) is 0 Å². The van der Waals surface area contributed by atoms with E-state index in [4.69, 9.17) is 0 Å². The highest BCUT2D eigenvalue weighted by atomic mass is 16.2. The topological polar surface area (TPSA) is 124 Å². The Morgan fingerprint density at radius 1 is 1.29 bits per heavy atom. The summed E-state index contributed by atoms with van der Waals surface area (Å²) in [5.74, 6) is -1.86. The number of hydrogen-bond donors (Lipinski definition) is 3. The van der Waals surface area contributed by atoms with E-state index in [2.05, 4.69) is 20.8 Å². The number of amides is 4. The predicted molar refractivity (Wildman–Crippen MR) is 68.3 cm³/mol. The van der Waals surface area contributed by atoms with Crippen LogP contribution in [0.1, 0.15) is 12.8 Å². The van der Waals surface area contributed by atoms with Gasteiger partial charge in [0.05, 0.1) is 0 Å². The Morgan fingerprint density at radius 3 is 2.76 bits per heavy atom. The summed E-state index contributed by atoms with van der Waals surface area (Å²) in [4.78, 5) is 47.9. The summed E-state index contributed by atoms with van der Waals surface area (Å²) in [6, 6.07) is 0.630. The van der Waals surface area contributed by atoms with Gasteiger partial charge in [0.15, 0.2) is 5.82 Å². The maximum atomic E-state index is 12.2. The van der Waals surface area contributed by atoms with E-state index in [0.29, 0.717) is 5.82 Å². The number of carbonyl (C=O) groups excluding carboxylic acids is 4. The molecule has 2 aliphatic heterocycles. The zero-order valence-corrected chi connectivity index (χ0v) is 10.8. The zero-order valence-electron chi connectivity index (χ0n) is 10.8. The summed E-state index contributed by atoms with van der Waals surface area (Å²) in [7, 11) is 0. The van der Waals surface area contributed by atoms with Gasteiger partial charge >= 0.3 is 0 Å². The maximum Gasteiger partial charge on any atom is 0.278 e. The average molecular weight is 289 g/mol. The molecule has 0 radical (unpaired) electrons. The molecular formula is C12H11N5O4. The van der Waals surface area contributed by atoms with Crippen LogP contribution >= 0.6 is 0 Å². The summed E-state index contributed by atoms with van der Waals surface area (Å²) in [5, 5.41) is 11.2. The lowest BCUT2D eigenvalue weighted by molar-refractivity contribution is -0.149. The molecule has 3 N–H and O–H groups in total. The Kier molecular flexibility index (Phi) is 3.01. The number of piperidine rings is 1. The van der Waals surface area contributed by atoms with E-state index in [-0.39, 0.29) is 18.5 Å². The SMILES string of the molecule is O=C1CCC(N2C(=O)C=C(Nc3cc[nH]n3)C2=O)C(=O)N1. The number of nitrogens with one attached hydrogen (secondary N) is 3. The number of imide groups is 2. The minimum Gasteiger partial charge on any atom is -0.334 e. The van der Waals surface area contributed by atoms with Gasteiger partial charge in [-0.05, 0) is 6.42 Å². The van der Waals surface area contributed by atoms with Gasteiger partial charge < -0.3 is 5.32 Å². The maximum absolute atomic E-state index is 12.2. The minimum absolute atomic E-state index is 0.0387. The van der Waals surface area contributed by atoms with Crippen molar-refractivity contribution in [3.63, 3.8) is 0 Å². The fourth-order valence-electron chi connectivity index (χ4n) is 2.27. The third kappa shape index (κ3) is 2.29. The number of H-pyrrole nitrogens is 1. The number of aromatic nitrogens is 2. The lowest BCUT2D eigenvalue weighted by atomic mass is 10.0. The Morgan fingerprint density at radius 2 is 2.10 bits per heavy atom. The van der Waals surface area contributed by atoms with Crippen molar-refractivity contribution in [2.75, 3.05) is 5.32 Å². The van der Waals surface area contributed by atoms with Crippen molar-refractivity contribution in [1.82, 2.24) is 20.4 Å². The molecule has 1 unspecified atom stereocenters. The van der Waals surface area contributed by atoms with E-state index in [9.17, 15) is 19.2 Å². The van der Waals surface area contributed by atoms with Gasteiger partial charge in [0.25, 0.3) is 11.8 Å². The van der Waals surface area contributed by atoms with Crippen LogP contribution in [0.5, 0.6) is 0 Å². The number of anilines is 1. The third-order valence-electron chi connectivity index (χ3n) is 3.24. The van der Waals surface area contributed by atoms with Gasteiger partial charge in [-0.2, -0.15) is 5.10 Å². The molecule has 0 aromatic carbocycles. The van der Waals surface area contributed by atoms with Crippen LogP contribution in [0.3, 0.4) is 0 Å². The van der Waals surface area contributed by atoms with Crippen LogP contribution < -0.4 is 10.6 Å². The fraction of sp³-hybridized carbons (Fsp3) is 0.250. The van der Waals surface area contributed by atoms with Crippen LogP contribution in [-0.2, 0) is 19.2 Å². The molecule has 3 heterocycles. The lowest BCUT2D eigenvalue weighted by Gasteiger charge is -2.28.